The normalized spacial score (nSPS) is 15.8. The van der Waals surface area contributed by atoms with Crippen molar-refractivity contribution in [2.24, 2.45) is 5.73 Å². The van der Waals surface area contributed by atoms with E-state index in [4.69, 9.17) is 11.5 Å². The van der Waals surface area contributed by atoms with Gasteiger partial charge in [0, 0.05) is 43.3 Å². The van der Waals surface area contributed by atoms with Crippen LogP contribution in [0.15, 0.2) is 35.8 Å². The van der Waals surface area contributed by atoms with E-state index in [1.54, 1.807) is 18.3 Å². The van der Waals surface area contributed by atoms with E-state index in [9.17, 15) is 9.18 Å². The fourth-order valence-electron chi connectivity index (χ4n) is 3.89. The number of fused-ring (bicyclic) bond motifs is 1. The second kappa shape index (κ2) is 8.13. The number of H-pyrrole nitrogens is 1. The molecule has 4 aromatic rings. The summed E-state index contributed by atoms with van der Waals surface area (Å²) in [5.74, 6) is 0.569. The molecule has 0 spiro atoms. The molecule has 1 unspecified atom stereocenters. The van der Waals surface area contributed by atoms with Crippen molar-refractivity contribution in [3.8, 4) is 11.4 Å². The number of aromatic amines is 1. The van der Waals surface area contributed by atoms with Crippen LogP contribution in [0.5, 0.6) is 0 Å². The monoisotopic (exact) mass is 453 g/mol. The molecule has 0 aliphatic carbocycles. The van der Waals surface area contributed by atoms with E-state index in [0.717, 1.165) is 5.56 Å². The maximum Gasteiger partial charge on any atom is 0.241 e. The van der Waals surface area contributed by atoms with Gasteiger partial charge >= 0.3 is 0 Å². The molecule has 5 N–H and O–H groups in total. The molecular weight excluding hydrogens is 433 g/mol. The minimum atomic E-state index is -0.551. The molecule has 3 aromatic heterocycles. The van der Waals surface area contributed by atoms with Crippen LogP contribution in [0.2, 0.25) is 0 Å². The Hall–Kier alpha value is -3.64. The van der Waals surface area contributed by atoms with Crippen LogP contribution in [-0.4, -0.2) is 61.9 Å². The third-order valence-electron chi connectivity index (χ3n) is 5.40. The number of aromatic nitrogens is 5. The van der Waals surface area contributed by atoms with Crippen molar-refractivity contribution in [2.45, 2.75) is 6.04 Å². The second-order valence-electron chi connectivity index (χ2n) is 7.39. The van der Waals surface area contributed by atoms with Crippen molar-refractivity contribution < 1.29 is 9.18 Å². The number of piperazine rings is 1. The molecule has 0 saturated carbocycles. The Kier molecular flexibility index (Phi) is 5.15. The zero-order valence-corrected chi connectivity index (χ0v) is 17.7. The highest BCUT2D eigenvalue weighted by atomic mass is 32.1. The van der Waals surface area contributed by atoms with Crippen molar-refractivity contribution in [1.82, 2.24) is 29.8 Å². The van der Waals surface area contributed by atoms with Gasteiger partial charge in [0.05, 0.1) is 0 Å². The van der Waals surface area contributed by atoms with Crippen LogP contribution >= 0.6 is 11.3 Å². The summed E-state index contributed by atoms with van der Waals surface area (Å²) >= 11 is 1.41. The molecule has 4 heterocycles. The fraction of sp³-hybridized carbons (Fsp3) is 0.250. The Morgan fingerprint density at radius 2 is 1.88 bits per heavy atom. The smallest absolute Gasteiger partial charge is 0.241 e. The largest absolute Gasteiger partial charge is 0.368 e. The maximum absolute atomic E-state index is 13.3. The number of carbonyl (C=O) groups is 1. The number of hydrogen-bond acceptors (Lipinski definition) is 9. The number of carbonyl (C=O) groups excluding carboxylic acids is 1. The molecule has 10 nitrogen and oxygen atoms in total. The average molecular weight is 454 g/mol. The van der Waals surface area contributed by atoms with Gasteiger partial charge < -0.3 is 21.4 Å². The number of nitrogen functional groups attached to an aromatic ring is 1. The highest BCUT2D eigenvalue weighted by Gasteiger charge is 2.32. The second-order valence-corrected chi connectivity index (χ2v) is 8.32. The Bertz CT molecular complexity index is 1250. The standard InChI is InChI=1S/C20H20FN9OS/c21-12-3-1-11(2-4-12)16-25-13-17(26-16)27-20(23)28-18(13)30-8-6-29(7-9-30)14(15(22)31)19-24-5-10-32-19/h1-5,10,14H,6-9H2,(H2,22,31)(H3,23,25,26,27,28). The van der Waals surface area contributed by atoms with E-state index >= 15 is 0 Å². The molecule has 12 heteroatoms. The Balaban J connectivity index is 1.41. The first kappa shape index (κ1) is 20.3. The number of nitrogens with zero attached hydrogens (tertiary/aromatic N) is 6. The first-order valence-electron chi connectivity index (χ1n) is 9.96. The molecule has 1 atom stereocenters. The summed E-state index contributed by atoms with van der Waals surface area (Å²) in [5.41, 5.74) is 13.4. The van der Waals surface area contributed by atoms with Gasteiger partial charge in [-0.1, -0.05) is 0 Å². The molecule has 164 valence electrons. The predicted octanol–water partition coefficient (Wildman–Crippen LogP) is 1.55. The molecule has 32 heavy (non-hydrogen) atoms. The summed E-state index contributed by atoms with van der Waals surface area (Å²) in [6, 6.07) is 5.49. The number of amides is 1. The lowest BCUT2D eigenvalue weighted by Gasteiger charge is -2.38. The Morgan fingerprint density at radius 1 is 1.12 bits per heavy atom. The summed E-state index contributed by atoms with van der Waals surface area (Å²) in [7, 11) is 0. The first-order valence-corrected chi connectivity index (χ1v) is 10.8. The minimum Gasteiger partial charge on any atom is -0.368 e. The van der Waals surface area contributed by atoms with Gasteiger partial charge in [-0.05, 0) is 24.3 Å². The number of hydrogen-bond donors (Lipinski definition) is 3. The van der Waals surface area contributed by atoms with E-state index in [0.29, 0.717) is 54.0 Å². The van der Waals surface area contributed by atoms with Gasteiger partial charge in [-0.3, -0.25) is 9.69 Å². The lowest BCUT2D eigenvalue weighted by molar-refractivity contribution is -0.123. The van der Waals surface area contributed by atoms with Crippen molar-refractivity contribution in [3.63, 3.8) is 0 Å². The number of benzene rings is 1. The number of rotatable bonds is 5. The van der Waals surface area contributed by atoms with Crippen LogP contribution in [0, 0.1) is 5.82 Å². The third-order valence-corrected chi connectivity index (χ3v) is 6.23. The lowest BCUT2D eigenvalue weighted by Crippen LogP contribution is -2.50. The Labute approximate surface area is 186 Å². The third kappa shape index (κ3) is 3.74. The quantitative estimate of drug-likeness (QED) is 0.413. The number of primary amides is 1. The van der Waals surface area contributed by atoms with Crippen LogP contribution in [0.25, 0.3) is 22.6 Å². The van der Waals surface area contributed by atoms with E-state index < -0.39 is 11.9 Å². The summed E-state index contributed by atoms with van der Waals surface area (Å²) in [4.78, 5) is 36.9. The van der Waals surface area contributed by atoms with E-state index in [2.05, 4.69) is 29.8 Å². The number of nitrogens with one attached hydrogen (secondary N) is 1. The summed E-state index contributed by atoms with van der Waals surface area (Å²) in [6.45, 7) is 2.40. The van der Waals surface area contributed by atoms with Gasteiger partial charge in [0.2, 0.25) is 11.9 Å². The molecule has 5 rings (SSSR count). The molecule has 1 fully saturated rings. The van der Waals surface area contributed by atoms with Gasteiger partial charge in [0.15, 0.2) is 11.5 Å². The topological polar surface area (TPSA) is 143 Å². The van der Waals surface area contributed by atoms with Gasteiger partial charge in [0.1, 0.15) is 28.2 Å². The van der Waals surface area contributed by atoms with Crippen LogP contribution in [0.1, 0.15) is 11.0 Å². The summed E-state index contributed by atoms with van der Waals surface area (Å²) in [5, 5.41) is 2.52. The van der Waals surface area contributed by atoms with E-state index in [-0.39, 0.29) is 11.8 Å². The zero-order chi connectivity index (χ0) is 22.2. The Morgan fingerprint density at radius 3 is 2.53 bits per heavy atom. The first-order chi connectivity index (χ1) is 15.5. The van der Waals surface area contributed by atoms with Crippen molar-refractivity contribution in [3.05, 3.63) is 46.7 Å². The van der Waals surface area contributed by atoms with Crippen molar-refractivity contribution in [2.75, 3.05) is 36.8 Å². The number of nitrogens with two attached hydrogens (primary N) is 2. The van der Waals surface area contributed by atoms with Crippen LogP contribution in [0.3, 0.4) is 0 Å². The maximum atomic E-state index is 13.3. The lowest BCUT2D eigenvalue weighted by atomic mass is 10.2. The highest BCUT2D eigenvalue weighted by molar-refractivity contribution is 7.09. The molecule has 0 bridgehead atoms. The molecular formula is C20H20FN9OS. The van der Waals surface area contributed by atoms with Crippen molar-refractivity contribution >= 4 is 40.2 Å². The SMILES string of the molecule is NC(=O)C(c1nccs1)N1CCN(c2nc(N)nc3nc(-c4ccc(F)cc4)[nH]c23)CC1. The van der Waals surface area contributed by atoms with Crippen LogP contribution < -0.4 is 16.4 Å². The fourth-order valence-corrected chi connectivity index (χ4v) is 4.67. The molecule has 1 aromatic carbocycles. The van der Waals surface area contributed by atoms with Gasteiger partial charge in [0.25, 0.3) is 0 Å². The molecule has 1 saturated heterocycles. The molecule has 1 aliphatic heterocycles. The van der Waals surface area contributed by atoms with Crippen LogP contribution in [-0.2, 0) is 4.79 Å². The van der Waals surface area contributed by atoms with E-state index in [1.165, 1.54) is 23.5 Å². The highest BCUT2D eigenvalue weighted by Crippen LogP contribution is 2.29. The van der Waals surface area contributed by atoms with E-state index in [1.807, 2.05) is 10.3 Å². The van der Waals surface area contributed by atoms with Gasteiger partial charge in [-0.15, -0.1) is 11.3 Å². The minimum absolute atomic E-state index is 0.116. The average Bonchev–Trinajstić information content (AvgIpc) is 3.44. The van der Waals surface area contributed by atoms with Crippen LogP contribution in [0.4, 0.5) is 16.2 Å². The summed E-state index contributed by atoms with van der Waals surface area (Å²) < 4.78 is 13.3. The number of thiazole rings is 1. The van der Waals surface area contributed by atoms with Crippen molar-refractivity contribution in [1.29, 1.82) is 0 Å². The summed E-state index contributed by atoms with van der Waals surface area (Å²) in [6.07, 6.45) is 1.67. The zero-order valence-electron chi connectivity index (χ0n) is 16.9. The predicted molar refractivity (Wildman–Crippen MR) is 119 cm³/mol. The van der Waals surface area contributed by atoms with Gasteiger partial charge in [-0.2, -0.15) is 9.97 Å². The molecule has 1 amide bonds. The number of anilines is 2. The number of imidazole rings is 1. The molecule has 1 aliphatic rings. The van der Waals surface area contributed by atoms with Gasteiger partial charge in [-0.25, -0.2) is 14.4 Å². The molecule has 0 radical (unpaired) electrons. The number of halogens is 1.